The molecule has 5 nitrogen and oxygen atoms in total. The molecule has 0 bridgehead atoms. The molecule has 0 heterocycles. The normalized spacial score (nSPS) is 10.2. The second-order valence-electron chi connectivity index (χ2n) is 5.52. The number of halogens is 1. The van der Waals surface area contributed by atoms with Crippen LogP contribution in [0.25, 0.3) is 0 Å². The summed E-state index contributed by atoms with van der Waals surface area (Å²) in [7, 11) is 0. The molecule has 3 aromatic carbocycles. The number of para-hydroxylation sites is 1. The first-order chi connectivity index (χ1) is 12.5. The lowest BCUT2D eigenvalue weighted by molar-refractivity contribution is 0.0692. The largest absolute Gasteiger partial charge is 0.478 e. The van der Waals surface area contributed by atoms with Crippen molar-refractivity contribution in [2.45, 2.75) is 0 Å². The molecule has 0 aliphatic carbocycles. The molecule has 26 heavy (non-hydrogen) atoms. The molecule has 3 rings (SSSR count). The summed E-state index contributed by atoms with van der Waals surface area (Å²) in [5.41, 5.74) is 2.27. The van der Waals surface area contributed by atoms with E-state index < -0.39 is 11.9 Å². The number of hydrogen-bond acceptors (Lipinski definition) is 3. The Morgan fingerprint density at radius 2 is 1.38 bits per heavy atom. The van der Waals surface area contributed by atoms with Gasteiger partial charge in [-0.1, -0.05) is 29.8 Å². The predicted molar refractivity (Wildman–Crippen MR) is 103 cm³/mol. The zero-order valence-corrected chi connectivity index (χ0v) is 14.3. The number of nitrogens with one attached hydrogen (secondary N) is 2. The van der Waals surface area contributed by atoms with Gasteiger partial charge in [0, 0.05) is 22.1 Å². The van der Waals surface area contributed by atoms with Crippen LogP contribution in [0.3, 0.4) is 0 Å². The third kappa shape index (κ3) is 4.20. The smallest absolute Gasteiger partial charge is 0.336 e. The summed E-state index contributed by atoms with van der Waals surface area (Å²) in [5, 5.41) is 15.4. The first-order valence-corrected chi connectivity index (χ1v) is 8.17. The standard InChI is InChI=1S/C20H15ClN2O3/c21-13-6-11-17(20(25)26)18(12-13)19(24)23-16-9-7-15(8-10-16)22-14-4-2-1-3-5-14/h1-12,22H,(H,23,24)(H,25,26). The molecule has 0 unspecified atom stereocenters. The van der Waals surface area contributed by atoms with E-state index >= 15 is 0 Å². The topological polar surface area (TPSA) is 78.4 Å². The van der Waals surface area contributed by atoms with Gasteiger partial charge in [-0.2, -0.15) is 0 Å². The molecule has 6 heteroatoms. The summed E-state index contributed by atoms with van der Waals surface area (Å²) in [6, 6.07) is 20.9. The summed E-state index contributed by atoms with van der Waals surface area (Å²) in [4.78, 5) is 23.7. The first kappa shape index (κ1) is 17.5. The quantitative estimate of drug-likeness (QED) is 0.591. The van der Waals surface area contributed by atoms with Crippen molar-refractivity contribution in [1.82, 2.24) is 0 Å². The lowest BCUT2D eigenvalue weighted by Crippen LogP contribution is -2.16. The number of carbonyl (C=O) groups is 2. The molecule has 0 aliphatic rings. The molecule has 0 saturated heterocycles. The summed E-state index contributed by atoms with van der Waals surface area (Å²) in [6.45, 7) is 0. The summed E-state index contributed by atoms with van der Waals surface area (Å²) >= 11 is 5.89. The van der Waals surface area contributed by atoms with Crippen molar-refractivity contribution in [3.05, 3.63) is 88.9 Å². The second kappa shape index (κ2) is 7.72. The lowest BCUT2D eigenvalue weighted by Gasteiger charge is -2.10. The highest BCUT2D eigenvalue weighted by Gasteiger charge is 2.17. The van der Waals surface area contributed by atoms with Crippen LogP contribution in [0, 0.1) is 0 Å². The minimum absolute atomic E-state index is 0.0106. The minimum Gasteiger partial charge on any atom is -0.478 e. The summed E-state index contributed by atoms with van der Waals surface area (Å²) < 4.78 is 0. The molecular weight excluding hydrogens is 352 g/mol. The van der Waals surface area contributed by atoms with Crippen LogP contribution in [-0.2, 0) is 0 Å². The van der Waals surface area contributed by atoms with Gasteiger partial charge >= 0.3 is 5.97 Å². The van der Waals surface area contributed by atoms with Gasteiger partial charge in [0.05, 0.1) is 11.1 Å². The molecule has 0 aromatic heterocycles. The Morgan fingerprint density at radius 3 is 2.04 bits per heavy atom. The molecule has 3 N–H and O–H groups in total. The van der Waals surface area contributed by atoms with Crippen LogP contribution in [0.2, 0.25) is 5.02 Å². The fourth-order valence-electron chi connectivity index (χ4n) is 2.41. The van der Waals surface area contributed by atoms with E-state index in [4.69, 9.17) is 11.6 Å². The fraction of sp³-hybridized carbons (Fsp3) is 0. The maximum atomic E-state index is 12.4. The number of hydrogen-bond donors (Lipinski definition) is 3. The molecule has 0 atom stereocenters. The van der Waals surface area contributed by atoms with Crippen LogP contribution in [0.4, 0.5) is 17.1 Å². The molecule has 0 radical (unpaired) electrons. The summed E-state index contributed by atoms with van der Waals surface area (Å²) in [5.74, 6) is -1.72. The molecule has 0 spiro atoms. The minimum atomic E-state index is -1.19. The van der Waals surface area contributed by atoms with Gasteiger partial charge in [0.15, 0.2) is 0 Å². The van der Waals surface area contributed by atoms with Crippen molar-refractivity contribution in [3.8, 4) is 0 Å². The van der Waals surface area contributed by atoms with Gasteiger partial charge in [-0.05, 0) is 54.6 Å². The van der Waals surface area contributed by atoms with Crippen molar-refractivity contribution in [2.75, 3.05) is 10.6 Å². The average molecular weight is 367 g/mol. The number of carboxylic acid groups (broad SMARTS) is 1. The van der Waals surface area contributed by atoms with Crippen LogP contribution >= 0.6 is 11.6 Å². The number of aromatic carboxylic acids is 1. The molecular formula is C20H15ClN2O3. The molecule has 0 fully saturated rings. The van der Waals surface area contributed by atoms with E-state index in [-0.39, 0.29) is 11.1 Å². The van der Waals surface area contributed by atoms with Gasteiger partial charge in [-0.3, -0.25) is 4.79 Å². The van der Waals surface area contributed by atoms with Crippen molar-refractivity contribution >= 4 is 40.5 Å². The molecule has 0 saturated carbocycles. The van der Waals surface area contributed by atoms with Crippen LogP contribution in [-0.4, -0.2) is 17.0 Å². The molecule has 1 amide bonds. The van der Waals surface area contributed by atoms with E-state index in [0.717, 1.165) is 11.4 Å². The Bertz CT molecular complexity index is 941. The maximum absolute atomic E-state index is 12.4. The van der Waals surface area contributed by atoms with Crippen molar-refractivity contribution in [2.24, 2.45) is 0 Å². The van der Waals surface area contributed by atoms with Crippen LogP contribution in [0.5, 0.6) is 0 Å². The zero-order chi connectivity index (χ0) is 18.5. The van der Waals surface area contributed by atoms with E-state index in [1.807, 2.05) is 42.5 Å². The highest BCUT2D eigenvalue weighted by atomic mass is 35.5. The lowest BCUT2D eigenvalue weighted by atomic mass is 10.1. The third-order valence-corrected chi connectivity index (χ3v) is 3.90. The molecule has 130 valence electrons. The number of anilines is 3. The predicted octanol–water partition coefficient (Wildman–Crippen LogP) is 5.03. The van der Waals surface area contributed by atoms with Crippen molar-refractivity contribution in [1.29, 1.82) is 0 Å². The van der Waals surface area contributed by atoms with E-state index in [1.54, 1.807) is 12.1 Å². The van der Waals surface area contributed by atoms with Crippen LogP contribution < -0.4 is 10.6 Å². The van der Waals surface area contributed by atoms with Crippen molar-refractivity contribution in [3.63, 3.8) is 0 Å². The fourth-order valence-corrected chi connectivity index (χ4v) is 2.59. The highest BCUT2D eigenvalue weighted by molar-refractivity contribution is 6.31. The van der Waals surface area contributed by atoms with Gasteiger partial charge in [0.1, 0.15) is 0 Å². The van der Waals surface area contributed by atoms with Crippen LogP contribution in [0.1, 0.15) is 20.7 Å². The Balaban J connectivity index is 1.74. The Morgan fingerprint density at radius 1 is 0.769 bits per heavy atom. The van der Waals surface area contributed by atoms with Gasteiger partial charge in [-0.25, -0.2) is 4.79 Å². The van der Waals surface area contributed by atoms with E-state index in [0.29, 0.717) is 10.7 Å². The van der Waals surface area contributed by atoms with Gasteiger partial charge in [0.2, 0.25) is 0 Å². The number of carbonyl (C=O) groups excluding carboxylic acids is 1. The maximum Gasteiger partial charge on any atom is 0.336 e. The number of benzene rings is 3. The second-order valence-corrected chi connectivity index (χ2v) is 5.95. The number of amides is 1. The van der Waals surface area contributed by atoms with Crippen molar-refractivity contribution < 1.29 is 14.7 Å². The Kier molecular flexibility index (Phi) is 5.20. The summed E-state index contributed by atoms with van der Waals surface area (Å²) in [6.07, 6.45) is 0. The average Bonchev–Trinajstić information content (AvgIpc) is 2.64. The van der Waals surface area contributed by atoms with Gasteiger partial charge < -0.3 is 15.7 Å². The van der Waals surface area contributed by atoms with Gasteiger partial charge in [-0.15, -0.1) is 0 Å². The van der Waals surface area contributed by atoms with E-state index in [1.165, 1.54) is 18.2 Å². The Hall–Kier alpha value is -3.31. The monoisotopic (exact) mass is 366 g/mol. The highest BCUT2D eigenvalue weighted by Crippen LogP contribution is 2.21. The first-order valence-electron chi connectivity index (χ1n) is 7.79. The van der Waals surface area contributed by atoms with E-state index in [2.05, 4.69) is 10.6 Å². The molecule has 3 aromatic rings. The Labute approximate surface area is 155 Å². The van der Waals surface area contributed by atoms with E-state index in [9.17, 15) is 14.7 Å². The van der Waals surface area contributed by atoms with Gasteiger partial charge in [0.25, 0.3) is 5.91 Å². The zero-order valence-electron chi connectivity index (χ0n) is 13.6. The third-order valence-electron chi connectivity index (χ3n) is 3.66. The van der Waals surface area contributed by atoms with Crippen LogP contribution in [0.15, 0.2) is 72.8 Å². The number of rotatable bonds is 5. The molecule has 0 aliphatic heterocycles. The SMILES string of the molecule is O=C(O)c1ccc(Cl)cc1C(=O)Nc1ccc(Nc2ccccc2)cc1. The number of carboxylic acids is 1.